The van der Waals surface area contributed by atoms with E-state index in [4.69, 9.17) is 4.99 Å². The SMILES string of the molecule is CCNC(=NCc1ccccc1)N1CCCC(C)C1. The number of nitrogens with one attached hydrogen (secondary N) is 1. The summed E-state index contributed by atoms with van der Waals surface area (Å²) in [6.07, 6.45) is 2.62. The molecule has 1 aromatic rings. The number of likely N-dealkylation sites (tertiary alicyclic amines) is 1. The van der Waals surface area contributed by atoms with Gasteiger partial charge < -0.3 is 10.2 Å². The quantitative estimate of drug-likeness (QED) is 0.667. The van der Waals surface area contributed by atoms with Crippen LogP contribution in [-0.2, 0) is 6.54 Å². The zero-order chi connectivity index (χ0) is 13.5. The summed E-state index contributed by atoms with van der Waals surface area (Å²) < 4.78 is 0. The third-order valence-electron chi connectivity index (χ3n) is 3.55. The third kappa shape index (κ3) is 4.27. The van der Waals surface area contributed by atoms with Gasteiger partial charge in [0.1, 0.15) is 0 Å². The molecule has 3 heteroatoms. The van der Waals surface area contributed by atoms with Gasteiger partial charge in [0.05, 0.1) is 6.54 Å². The number of piperidine rings is 1. The zero-order valence-corrected chi connectivity index (χ0v) is 12.1. The van der Waals surface area contributed by atoms with E-state index in [9.17, 15) is 0 Å². The van der Waals surface area contributed by atoms with Gasteiger partial charge in [-0.15, -0.1) is 0 Å². The highest BCUT2D eigenvalue weighted by Gasteiger charge is 2.18. The molecule has 1 N–H and O–H groups in total. The van der Waals surface area contributed by atoms with Gasteiger partial charge in [-0.3, -0.25) is 0 Å². The minimum absolute atomic E-state index is 0.758. The minimum atomic E-state index is 0.758. The Balaban J connectivity index is 2.02. The molecule has 0 spiro atoms. The van der Waals surface area contributed by atoms with Crippen LogP contribution >= 0.6 is 0 Å². The van der Waals surface area contributed by atoms with Crippen LogP contribution < -0.4 is 5.32 Å². The zero-order valence-electron chi connectivity index (χ0n) is 12.1. The van der Waals surface area contributed by atoms with Gasteiger partial charge in [-0.1, -0.05) is 37.3 Å². The molecule has 1 aliphatic rings. The van der Waals surface area contributed by atoms with E-state index in [-0.39, 0.29) is 0 Å². The van der Waals surface area contributed by atoms with Crippen LogP contribution in [0.5, 0.6) is 0 Å². The fourth-order valence-electron chi connectivity index (χ4n) is 2.56. The molecule has 3 nitrogen and oxygen atoms in total. The lowest BCUT2D eigenvalue weighted by molar-refractivity contribution is 0.266. The molecule has 0 radical (unpaired) electrons. The summed E-state index contributed by atoms with van der Waals surface area (Å²) >= 11 is 0. The summed E-state index contributed by atoms with van der Waals surface area (Å²) in [5, 5.41) is 3.42. The summed E-state index contributed by atoms with van der Waals surface area (Å²) in [5.41, 5.74) is 1.27. The predicted octanol–water partition coefficient (Wildman–Crippen LogP) is 2.88. The van der Waals surface area contributed by atoms with E-state index >= 15 is 0 Å². The van der Waals surface area contributed by atoms with Crippen LogP contribution in [0.25, 0.3) is 0 Å². The van der Waals surface area contributed by atoms with Crippen LogP contribution in [0.4, 0.5) is 0 Å². The van der Waals surface area contributed by atoms with E-state index in [1.807, 2.05) is 6.07 Å². The van der Waals surface area contributed by atoms with Crippen molar-refractivity contribution in [1.29, 1.82) is 0 Å². The highest BCUT2D eigenvalue weighted by molar-refractivity contribution is 5.80. The normalized spacial score (nSPS) is 20.4. The van der Waals surface area contributed by atoms with Crippen LogP contribution in [-0.4, -0.2) is 30.5 Å². The fraction of sp³-hybridized carbons (Fsp3) is 0.562. The Hall–Kier alpha value is -1.51. The molecule has 1 aliphatic heterocycles. The van der Waals surface area contributed by atoms with Gasteiger partial charge in [0.2, 0.25) is 0 Å². The van der Waals surface area contributed by atoms with Gasteiger partial charge in [0.25, 0.3) is 0 Å². The maximum atomic E-state index is 4.77. The van der Waals surface area contributed by atoms with E-state index in [1.165, 1.54) is 18.4 Å². The smallest absolute Gasteiger partial charge is 0.194 e. The Morgan fingerprint density at radius 3 is 2.84 bits per heavy atom. The Morgan fingerprint density at radius 1 is 1.37 bits per heavy atom. The van der Waals surface area contributed by atoms with Crippen LogP contribution in [0.15, 0.2) is 35.3 Å². The highest BCUT2D eigenvalue weighted by atomic mass is 15.3. The Bertz CT molecular complexity index is 400. The molecular weight excluding hydrogens is 234 g/mol. The van der Waals surface area contributed by atoms with Crippen LogP contribution in [0.2, 0.25) is 0 Å². The number of hydrogen-bond acceptors (Lipinski definition) is 1. The minimum Gasteiger partial charge on any atom is -0.357 e. The first kappa shape index (κ1) is 13.9. The van der Waals surface area contributed by atoms with Crippen molar-refractivity contribution in [2.45, 2.75) is 33.2 Å². The predicted molar refractivity (Wildman–Crippen MR) is 81.2 cm³/mol. The number of hydrogen-bond donors (Lipinski definition) is 1. The molecule has 104 valence electrons. The molecule has 1 saturated heterocycles. The van der Waals surface area contributed by atoms with E-state index in [1.54, 1.807) is 0 Å². The molecule has 0 aliphatic carbocycles. The summed E-state index contributed by atoms with van der Waals surface area (Å²) in [6.45, 7) is 8.40. The lowest BCUT2D eigenvalue weighted by Gasteiger charge is -2.33. The number of rotatable bonds is 3. The molecule has 1 fully saturated rings. The topological polar surface area (TPSA) is 27.6 Å². The third-order valence-corrected chi connectivity index (χ3v) is 3.55. The van der Waals surface area contributed by atoms with Crippen molar-refractivity contribution >= 4 is 5.96 Å². The second-order valence-corrected chi connectivity index (χ2v) is 5.35. The van der Waals surface area contributed by atoms with Crippen molar-refractivity contribution in [2.75, 3.05) is 19.6 Å². The number of aliphatic imine (C=N–C) groups is 1. The second-order valence-electron chi connectivity index (χ2n) is 5.35. The second kappa shape index (κ2) is 7.17. The van der Waals surface area contributed by atoms with Crippen molar-refractivity contribution in [2.24, 2.45) is 10.9 Å². The fourth-order valence-corrected chi connectivity index (χ4v) is 2.56. The summed E-state index contributed by atoms with van der Waals surface area (Å²) in [7, 11) is 0. The first-order chi connectivity index (χ1) is 9.29. The molecule has 0 amide bonds. The van der Waals surface area contributed by atoms with Gasteiger partial charge >= 0.3 is 0 Å². The van der Waals surface area contributed by atoms with Crippen molar-refractivity contribution in [3.8, 4) is 0 Å². The van der Waals surface area contributed by atoms with Gasteiger partial charge in [-0.2, -0.15) is 0 Å². The maximum Gasteiger partial charge on any atom is 0.194 e. The first-order valence-corrected chi connectivity index (χ1v) is 7.36. The van der Waals surface area contributed by atoms with Crippen molar-refractivity contribution in [1.82, 2.24) is 10.2 Å². The standard InChI is InChI=1S/C16H25N3/c1-3-17-16(19-11-7-8-14(2)13-19)18-12-15-9-5-4-6-10-15/h4-6,9-10,14H,3,7-8,11-13H2,1-2H3,(H,17,18). The molecule has 1 aromatic carbocycles. The van der Waals surface area contributed by atoms with Crippen LogP contribution in [0, 0.1) is 5.92 Å². The van der Waals surface area contributed by atoms with Gasteiger partial charge in [-0.25, -0.2) is 4.99 Å². The molecule has 0 aromatic heterocycles. The monoisotopic (exact) mass is 259 g/mol. The molecule has 0 saturated carbocycles. The average molecular weight is 259 g/mol. The van der Waals surface area contributed by atoms with Gasteiger partial charge in [0.15, 0.2) is 5.96 Å². The highest BCUT2D eigenvalue weighted by Crippen LogP contribution is 2.15. The van der Waals surface area contributed by atoms with E-state index in [2.05, 4.69) is 48.3 Å². The largest absolute Gasteiger partial charge is 0.357 e. The lowest BCUT2D eigenvalue weighted by Crippen LogP contribution is -2.46. The number of benzene rings is 1. The molecule has 1 unspecified atom stereocenters. The summed E-state index contributed by atoms with van der Waals surface area (Å²) in [6, 6.07) is 10.4. The van der Waals surface area contributed by atoms with Crippen molar-refractivity contribution in [3.05, 3.63) is 35.9 Å². The molecule has 1 heterocycles. The Morgan fingerprint density at radius 2 is 2.16 bits per heavy atom. The molecule has 0 bridgehead atoms. The van der Waals surface area contributed by atoms with E-state index in [0.717, 1.165) is 38.1 Å². The first-order valence-electron chi connectivity index (χ1n) is 7.36. The van der Waals surface area contributed by atoms with Crippen LogP contribution in [0.3, 0.4) is 0 Å². The Labute approximate surface area is 116 Å². The average Bonchev–Trinajstić information content (AvgIpc) is 2.44. The van der Waals surface area contributed by atoms with Gasteiger partial charge in [-0.05, 0) is 31.2 Å². The van der Waals surface area contributed by atoms with Crippen LogP contribution in [0.1, 0.15) is 32.3 Å². The Kier molecular flexibility index (Phi) is 5.25. The number of nitrogens with zero attached hydrogens (tertiary/aromatic N) is 2. The summed E-state index contributed by atoms with van der Waals surface area (Å²) in [5.74, 6) is 1.84. The molecule has 1 atom stereocenters. The van der Waals surface area contributed by atoms with Gasteiger partial charge in [0, 0.05) is 19.6 Å². The van der Waals surface area contributed by atoms with Crippen molar-refractivity contribution in [3.63, 3.8) is 0 Å². The molecule has 2 rings (SSSR count). The van der Waals surface area contributed by atoms with E-state index in [0.29, 0.717) is 0 Å². The maximum absolute atomic E-state index is 4.77. The van der Waals surface area contributed by atoms with E-state index < -0.39 is 0 Å². The number of guanidine groups is 1. The molecule has 19 heavy (non-hydrogen) atoms. The molecular formula is C16H25N3. The lowest BCUT2D eigenvalue weighted by atomic mass is 10.0. The van der Waals surface area contributed by atoms with Crippen molar-refractivity contribution < 1.29 is 0 Å². The summed E-state index contributed by atoms with van der Waals surface area (Å²) in [4.78, 5) is 7.18.